The third-order valence-electron chi connectivity index (χ3n) is 4.40. The molecule has 1 unspecified atom stereocenters. The molecule has 1 heterocycles. The highest BCUT2D eigenvalue weighted by Gasteiger charge is 2.33. The summed E-state index contributed by atoms with van der Waals surface area (Å²) < 4.78 is 38.2. The van der Waals surface area contributed by atoms with Gasteiger partial charge in [-0.15, -0.1) is 0 Å². The minimum Gasteiger partial charge on any atom is -0.497 e. The Morgan fingerprint density at radius 1 is 1.08 bits per heavy atom. The van der Waals surface area contributed by atoms with Crippen molar-refractivity contribution in [3.05, 3.63) is 53.6 Å². The zero-order chi connectivity index (χ0) is 17.3. The number of hydrogen-bond donors (Lipinski definition) is 0. The molecule has 24 heavy (non-hydrogen) atoms. The molecule has 0 amide bonds. The van der Waals surface area contributed by atoms with E-state index in [1.807, 2.05) is 25.1 Å². The molecule has 3 rings (SSSR count). The highest BCUT2D eigenvalue weighted by Crippen LogP contribution is 2.35. The van der Waals surface area contributed by atoms with E-state index in [2.05, 4.69) is 6.07 Å². The van der Waals surface area contributed by atoms with Gasteiger partial charge in [0.05, 0.1) is 14.2 Å². The number of methoxy groups -OCH3 is 2. The number of ether oxygens (including phenoxy) is 2. The minimum atomic E-state index is -3.65. The van der Waals surface area contributed by atoms with Crippen molar-refractivity contribution < 1.29 is 17.9 Å². The summed E-state index contributed by atoms with van der Waals surface area (Å²) in [6.45, 7) is 2.87. The molecule has 2 aromatic carbocycles. The molecule has 0 aliphatic carbocycles. The number of fused-ring (bicyclic) bond motifs is 1. The van der Waals surface area contributed by atoms with Crippen LogP contribution in [-0.4, -0.2) is 33.5 Å². The number of benzene rings is 2. The summed E-state index contributed by atoms with van der Waals surface area (Å²) in [4.78, 5) is 0.164. The van der Waals surface area contributed by atoms with Gasteiger partial charge in [-0.3, -0.25) is 0 Å². The smallest absolute Gasteiger partial charge is 0.247 e. The normalized spacial score (nSPS) is 18.0. The van der Waals surface area contributed by atoms with Gasteiger partial charge in [0.15, 0.2) is 0 Å². The van der Waals surface area contributed by atoms with E-state index in [0.29, 0.717) is 24.6 Å². The van der Waals surface area contributed by atoms with Crippen LogP contribution in [0, 0.1) is 0 Å². The van der Waals surface area contributed by atoms with Crippen LogP contribution in [0.4, 0.5) is 0 Å². The van der Waals surface area contributed by atoms with Crippen LogP contribution in [0.2, 0.25) is 0 Å². The summed E-state index contributed by atoms with van der Waals surface area (Å²) >= 11 is 0. The van der Waals surface area contributed by atoms with E-state index in [-0.39, 0.29) is 10.8 Å². The summed E-state index contributed by atoms with van der Waals surface area (Å²) in [6.07, 6.45) is 0. The van der Waals surface area contributed by atoms with Gasteiger partial charge in [0, 0.05) is 19.2 Å². The summed E-state index contributed by atoms with van der Waals surface area (Å²) in [6, 6.07) is 12.8. The van der Waals surface area contributed by atoms with Gasteiger partial charge in [-0.1, -0.05) is 31.2 Å². The molecule has 0 spiro atoms. The Kier molecular flexibility index (Phi) is 4.51. The molecule has 128 valence electrons. The van der Waals surface area contributed by atoms with Crippen LogP contribution in [0.15, 0.2) is 47.4 Å². The molecular formula is C18H21NO4S. The van der Waals surface area contributed by atoms with Gasteiger partial charge in [-0.2, -0.15) is 4.31 Å². The lowest BCUT2D eigenvalue weighted by Crippen LogP contribution is -2.37. The van der Waals surface area contributed by atoms with Gasteiger partial charge < -0.3 is 9.47 Å². The number of nitrogens with zero attached hydrogens (tertiary/aromatic N) is 1. The summed E-state index contributed by atoms with van der Waals surface area (Å²) in [7, 11) is -0.658. The first kappa shape index (κ1) is 16.8. The second-order valence-electron chi connectivity index (χ2n) is 5.91. The lowest BCUT2D eigenvalue weighted by molar-refractivity contribution is 0.355. The first-order valence-corrected chi connectivity index (χ1v) is 9.21. The third-order valence-corrected chi connectivity index (χ3v) is 6.25. The van der Waals surface area contributed by atoms with Gasteiger partial charge >= 0.3 is 0 Å². The number of sulfonamides is 1. The molecular weight excluding hydrogens is 326 g/mol. The summed E-state index contributed by atoms with van der Waals surface area (Å²) in [5.74, 6) is 0.998. The number of rotatable bonds is 4. The van der Waals surface area contributed by atoms with Crippen molar-refractivity contribution in [2.45, 2.75) is 24.3 Å². The summed E-state index contributed by atoms with van der Waals surface area (Å²) in [5, 5.41) is 0. The number of hydrogen-bond acceptors (Lipinski definition) is 4. The van der Waals surface area contributed by atoms with Gasteiger partial charge in [-0.25, -0.2) is 8.42 Å². The Morgan fingerprint density at radius 3 is 2.54 bits per heavy atom. The average Bonchev–Trinajstić information content (AvgIpc) is 2.61. The van der Waals surface area contributed by atoms with Crippen LogP contribution in [0.3, 0.4) is 0 Å². The molecule has 0 N–H and O–H groups in total. The molecule has 0 bridgehead atoms. The predicted molar refractivity (Wildman–Crippen MR) is 92.0 cm³/mol. The highest BCUT2D eigenvalue weighted by atomic mass is 32.2. The van der Waals surface area contributed by atoms with Crippen LogP contribution in [0.5, 0.6) is 11.5 Å². The van der Waals surface area contributed by atoms with Crippen LogP contribution in [0.1, 0.15) is 24.0 Å². The van der Waals surface area contributed by atoms with Crippen LogP contribution < -0.4 is 9.47 Å². The maximum absolute atomic E-state index is 13.1. The predicted octanol–water partition coefficient (Wildman–Crippen LogP) is 3.01. The molecule has 0 aromatic heterocycles. The fraction of sp³-hybridized carbons (Fsp3) is 0.333. The van der Waals surface area contributed by atoms with Crippen LogP contribution in [0.25, 0.3) is 0 Å². The van der Waals surface area contributed by atoms with Crippen molar-refractivity contribution in [1.82, 2.24) is 4.31 Å². The Bertz CT molecular complexity index is 848. The van der Waals surface area contributed by atoms with E-state index >= 15 is 0 Å². The lowest BCUT2D eigenvalue weighted by atomic mass is 9.92. The molecule has 1 atom stereocenters. The Balaban J connectivity index is 2.00. The van der Waals surface area contributed by atoms with Crippen molar-refractivity contribution in [3.63, 3.8) is 0 Å². The molecule has 0 saturated heterocycles. The monoisotopic (exact) mass is 347 g/mol. The first-order valence-electron chi connectivity index (χ1n) is 7.77. The molecule has 0 radical (unpaired) electrons. The molecule has 0 fully saturated rings. The van der Waals surface area contributed by atoms with Crippen LogP contribution in [-0.2, 0) is 16.6 Å². The third kappa shape index (κ3) is 2.87. The van der Waals surface area contributed by atoms with E-state index in [0.717, 1.165) is 5.56 Å². The first-order chi connectivity index (χ1) is 11.5. The summed E-state index contributed by atoms with van der Waals surface area (Å²) in [5.41, 5.74) is 2.26. The van der Waals surface area contributed by atoms with E-state index in [1.165, 1.54) is 30.2 Å². The average molecular weight is 347 g/mol. The van der Waals surface area contributed by atoms with E-state index in [9.17, 15) is 8.42 Å². The van der Waals surface area contributed by atoms with E-state index in [4.69, 9.17) is 9.47 Å². The molecule has 2 aromatic rings. The zero-order valence-electron chi connectivity index (χ0n) is 14.0. The topological polar surface area (TPSA) is 55.8 Å². The van der Waals surface area contributed by atoms with Gasteiger partial charge in [0.2, 0.25) is 10.0 Å². The maximum Gasteiger partial charge on any atom is 0.247 e. The maximum atomic E-state index is 13.1. The van der Waals surface area contributed by atoms with E-state index in [1.54, 1.807) is 12.1 Å². The van der Waals surface area contributed by atoms with Gasteiger partial charge in [0.1, 0.15) is 16.4 Å². The molecule has 1 aliphatic heterocycles. The zero-order valence-corrected chi connectivity index (χ0v) is 14.8. The van der Waals surface area contributed by atoms with Crippen molar-refractivity contribution in [2.24, 2.45) is 0 Å². The van der Waals surface area contributed by atoms with E-state index < -0.39 is 10.0 Å². The fourth-order valence-corrected chi connectivity index (χ4v) is 4.77. The minimum absolute atomic E-state index is 0.147. The van der Waals surface area contributed by atoms with Gasteiger partial charge in [-0.05, 0) is 29.2 Å². The Morgan fingerprint density at radius 2 is 1.83 bits per heavy atom. The quantitative estimate of drug-likeness (QED) is 0.853. The van der Waals surface area contributed by atoms with Crippen LogP contribution >= 0.6 is 0 Å². The second kappa shape index (κ2) is 6.45. The Hall–Kier alpha value is -2.05. The van der Waals surface area contributed by atoms with Gasteiger partial charge in [0.25, 0.3) is 0 Å². The largest absolute Gasteiger partial charge is 0.497 e. The van der Waals surface area contributed by atoms with Crippen molar-refractivity contribution in [3.8, 4) is 11.5 Å². The fourth-order valence-electron chi connectivity index (χ4n) is 3.13. The molecule has 6 heteroatoms. The van der Waals surface area contributed by atoms with Crippen molar-refractivity contribution >= 4 is 10.0 Å². The van der Waals surface area contributed by atoms with Crippen molar-refractivity contribution in [2.75, 3.05) is 20.8 Å². The standard InChI is InChI=1S/C18H21NO4S/c1-13-11-19(12-14-6-4-5-7-16(13)14)24(20,21)18-9-8-15(22-2)10-17(18)23-3/h4-10,13H,11-12H2,1-3H3. The lowest BCUT2D eigenvalue weighted by Gasteiger charge is -2.32. The second-order valence-corrected chi connectivity index (χ2v) is 7.82. The molecule has 5 nitrogen and oxygen atoms in total. The highest BCUT2D eigenvalue weighted by molar-refractivity contribution is 7.89. The molecule has 1 aliphatic rings. The Labute approximate surface area is 142 Å². The SMILES string of the molecule is COc1ccc(S(=O)(=O)N2Cc3ccccc3C(C)C2)c(OC)c1. The molecule has 0 saturated carbocycles. The van der Waals surface area contributed by atoms with Crippen molar-refractivity contribution in [1.29, 1.82) is 0 Å².